The number of carbonyl (C=O) groups is 1. The minimum absolute atomic E-state index is 0.172. The molecule has 0 aromatic carbocycles. The number of allylic oxidation sites excluding steroid dienone is 5. The summed E-state index contributed by atoms with van der Waals surface area (Å²) in [6.07, 6.45) is 7.48. The van der Waals surface area contributed by atoms with Gasteiger partial charge in [-0.25, -0.2) is 0 Å². The molecule has 1 aliphatic carbocycles. The van der Waals surface area contributed by atoms with Crippen molar-refractivity contribution in [3.8, 4) is 0 Å². The highest BCUT2D eigenvalue weighted by atomic mass is 16.1. The van der Waals surface area contributed by atoms with E-state index in [0.717, 1.165) is 12.0 Å². The van der Waals surface area contributed by atoms with E-state index < -0.39 is 0 Å². The minimum atomic E-state index is 0.172. The summed E-state index contributed by atoms with van der Waals surface area (Å²) in [4.78, 5) is 12.0. The molecule has 1 aliphatic rings. The average molecular weight is 303 g/mol. The second kappa shape index (κ2) is 6.56. The molecule has 1 nitrogen and oxygen atoms in total. The highest BCUT2D eigenvalue weighted by Gasteiger charge is 2.34. The Labute approximate surface area is 137 Å². The lowest BCUT2D eigenvalue weighted by Gasteiger charge is -2.39. The van der Waals surface area contributed by atoms with Crippen molar-refractivity contribution >= 4 is 5.78 Å². The van der Waals surface area contributed by atoms with Gasteiger partial charge in [-0.05, 0) is 41.6 Å². The van der Waals surface area contributed by atoms with E-state index in [1.807, 2.05) is 6.08 Å². The van der Waals surface area contributed by atoms with E-state index in [4.69, 9.17) is 0 Å². The van der Waals surface area contributed by atoms with Crippen LogP contribution in [0.4, 0.5) is 0 Å². The molecule has 0 fully saturated rings. The van der Waals surface area contributed by atoms with E-state index >= 15 is 0 Å². The molecule has 0 heterocycles. The lowest BCUT2D eigenvalue weighted by atomic mass is 9.66. The summed E-state index contributed by atoms with van der Waals surface area (Å²) < 4.78 is 0. The van der Waals surface area contributed by atoms with Crippen molar-refractivity contribution in [1.29, 1.82) is 0 Å². The fourth-order valence-corrected chi connectivity index (χ4v) is 3.19. The van der Waals surface area contributed by atoms with E-state index in [9.17, 15) is 4.79 Å². The van der Waals surface area contributed by atoms with Gasteiger partial charge >= 0.3 is 0 Å². The van der Waals surface area contributed by atoms with Gasteiger partial charge in [0.25, 0.3) is 0 Å². The second-order valence-corrected chi connectivity index (χ2v) is 9.10. The Morgan fingerprint density at radius 1 is 1.27 bits per heavy atom. The molecule has 1 rings (SSSR count). The van der Waals surface area contributed by atoms with Crippen LogP contribution >= 0.6 is 0 Å². The number of hydrogen-bond acceptors (Lipinski definition) is 1. The number of hydrogen-bond donors (Lipinski definition) is 0. The van der Waals surface area contributed by atoms with Crippen LogP contribution in [0.5, 0.6) is 0 Å². The Morgan fingerprint density at radius 3 is 2.05 bits per heavy atom. The summed E-state index contributed by atoms with van der Waals surface area (Å²) in [7, 11) is 0. The van der Waals surface area contributed by atoms with Crippen molar-refractivity contribution in [1.82, 2.24) is 0 Å². The fourth-order valence-electron chi connectivity index (χ4n) is 3.19. The van der Waals surface area contributed by atoms with Gasteiger partial charge in [0.15, 0.2) is 5.78 Å². The van der Waals surface area contributed by atoms with Gasteiger partial charge in [0, 0.05) is 11.5 Å². The first-order valence-electron chi connectivity index (χ1n) is 8.44. The molecule has 1 heteroatoms. The van der Waals surface area contributed by atoms with Gasteiger partial charge < -0.3 is 0 Å². The number of ketones is 1. The standard InChI is InChI=1S/C21H34O/c1-10-16(12-18(15(3)22)17-11-14(17)2)19(21(7,8)9)13-20(4,5)6/h10-12,14,16,19H,1,13H2,2-9H3/b18-12-. The van der Waals surface area contributed by atoms with Crippen LogP contribution in [0.1, 0.15) is 61.8 Å². The zero-order chi connectivity index (χ0) is 17.3. The Hall–Kier alpha value is -1.11. The second-order valence-electron chi connectivity index (χ2n) is 9.10. The lowest BCUT2D eigenvalue weighted by Crippen LogP contribution is -2.30. The highest BCUT2D eigenvalue weighted by molar-refractivity contribution is 5.99. The zero-order valence-electron chi connectivity index (χ0n) is 15.8. The minimum Gasteiger partial charge on any atom is -0.295 e. The van der Waals surface area contributed by atoms with Gasteiger partial charge in [0.1, 0.15) is 0 Å². The molecule has 0 spiro atoms. The Kier molecular flexibility index (Phi) is 5.65. The van der Waals surface area contributed by atoms with Crippen molar-refractivity contribution < 1.29 is 4.79 Å². The summed E-state index contributed by atoms with van der Waals surface area (Å²) in [5.41, 5.74) is 2.55. The first-order valence-corrected chi connectivity index (χ1v) is 8.44. The van der Waals surface area contributed by atoms with Gasteiger partial charge in [-0.1, -0.05) is 66.7 Å². The molecular formula is C21H34O. The fraction of sp³-hybridized carbons (Fsp3) is 0.667. The number of carbonyl (C=O) groups excluding carboxylic acids is 1. The SMILES string of the molecule is C=CC(/C=C(/C(C)=O)C1=CC1C)C(CC(C)(C)C)C(C)(C)C. The molecule has 0 aromatic heterocycles. The maximum absolute atomic E-state index is 12.0. The lowest BCUT2D eigenvalue weighted by molar-refractivity contribution is -0.113. The molecule has 3 unspecified atom stereocenters. The van der Waals surface area contributed by atoms with Gasteiger partial charge in [0.05, 0.1) is 0 Å². The van der Waals surface area contributed by atoms with Crippen LogP contribution in [-0.4, -0.2) is 5.78 Å². The van der Waals surface area contributed by atoms with Gasteiger partial charge in [-0.3, -0.25) is 4.79 Å². The molecule has 3 atom stereocenters. The molecule has 0 saturated carbocycles. The molecule has 0 aliphatic heterocycles. The maximum Gasteiger partial charge on any atom is 0.159 e. The monoisotopic (exact) mass is 302 g/mol. The van der Waals surface area contributed by atoms with Crippen molar-refractivity contribution in [3.05, 3.63) is 36.0 Å². The van der Waals surface area contributed by atoms with Crippen LogP contribution in [0.25, 0.3) is 0 Å². The third-order valence-electron chi connectivity index (χ3n) is 4.54. The molecule has 0 bridgehead atoms. The van der Waals surface area contributed by atoms with Crippen molar-refractivity contribution in [2.75, 3.05) is 0 Å². The predicted molar refractivity (Wildman–Crippen MR) is 96.7 cm³/mol. The molecule has 124 valence electrons. The summed E-state index contributed by atoms with van der Waals surface area (Å²) in [5.74, 6) is 1.32. The summed E-state index contributed by atoms with van der Waals surface area (Å²) in [5, 5.41) is 0. The Balaban J connectivity index is 3.16. The molecule has 0 saturated heterocycles. The number of Topliss-reactive ketones (excluding diaryl/α,β-unsaturated/α-hetero) is 1. The topological polar surface area (TPSA) is 17.1 Å². The van der Waals surface area contributed by atoms with Crippen molar-refractivity contribution in [3.63, 3.8) is 0 Å². The van der Waals surface area contributed by atoms with E-state index in [-0.39, 0.29) is 22.5 Å². The molecule has 22 heavy (non-hydrogen) atoms. The van der Waals surface area contributed by atoms with Crippen LogP contribution in [0, 0.1) is 28.6 Å². The third kappa shape index (κ3) is 5.26. The highest BCUT2D eigenvalue weighted by Crippen LogP contribution is 2.43. The third-order valence-corrected chi connectivity index (χ3v) is 4.54. The largest absolute Gasteiger partial charge is 0.295 e. The normalized spacial score (nSPS) is 21.9. The summed E-state index contributed by atoms with van der Waals surface area (Å²) >= 11 is 0. The van der Waals surface area contributed by atoms with Crippen LogP contribution in [-0.2, 0) is 4.79 Å². The van der Waals surface area contributed by atoms with Crippen molar-refractivity contribution in [2.24, 2.45) is 28.6 Å². The molecule has 0 amide bonds. The quantitative estimate of drug-likeness (QED) is 0.436. The first-order chi connectivity index (χ1) is 9.86. The van der Waals surface area contributed by atoms with Crippen LogP contribution in [0.15, 0.2) is 36.0 Å². The van der Waals surface area contributed by atoms with Crippen molar-refractivity contribution in [2.45, 2.75) is 61.8 Å². The van der Waals surface area contributed by atoms with Crippen LogP contribution < -0.4 is 0 Å². The molecule has 0 aromatic rings. The molecule has 0 N–H and O–H groups in total. The van der Waals surface area contributed by atoms with Gasteiger partial charge in [-0.2, -0.15) is 0 Å². The summed E-state index contributed by atoms with van der Waals surface area (Å²) in [6.45, 7) is 21.6. The Bertz CT molecular complexity index is 491. The molecular weight excluding hydrogens is 268 g/mol. The van der Waals surface area contributed by atoms with Gasteiger partial charge in [-0.15, -0.1) is 6.58 Å². The smallest absolute Gasteiger partial charge is 0.159 e. The van der Waals surface area contributed by atoms with E-state index in [1.165, 1.54) is 5.57 Å². The Morgan fingerprint density at radius 2 is 1.77 bits per heavy atom. The average Bonchev–Trinajstić information content (AvgIpc) is 3.02. The van der Waals surface area contributed by atoms with E-state index in [2.05, 4.69) is 67.2 Å². The zero-order valence-corrected chi connectivity index (χ0v) is 15.8. The van der Waals surface area contributed by atoms with Crippen LogP contribution in [0.3, 0.4) is 0 Å². The van der Waals surface area contributed by atoms with Crippen LogP contribution in [0.2, 0.25) is 0 Å². The van der Waals surface area contributed by atoms with Gasteiger partial charge in [0.2, 0.25) is 0 Å². The van der Waals surface area contributed by atoms with E-state index in [0.29, 0.717) is 11.8 Å². The first kappa shape index (κ1) is 18.9. The number of rotatable bonds is 6. The maximum atomic E-state index is 12.0. The predicted octanol–water partition coefficient (Wildman–Crippen LogP) is 5.98. The molecule has 0 radical (unpaired) electrons. The summed E-state index contributed by atoms with van der Waals surface area (Å²) in [6, 6.07) is 0. The van der Waals surface area contributed by atoms with E-state index in [1.54, 1.807) is 6.92 Å².